The Hall–Kier alpha value is -4.80. The first kappa shape index (κ1) is 33.7. The molecule has 0 saturated carbocycles. The standard InChI is InChI=1S/C47H42OP2/c1-33-20-26-39(27-21-33)49(40-28-22-34(2)23-29-40)41-30-24-35(3)43(32-41)47-44(48-5)31-25-36(4)46(47)42-18-12-13-19-45(42)50(37-14-8-6-9-15-37)38-16-10-7-11-17-38/h6-32H,1-5H3. The first-order valence-electron chi connectivity index (χ1n) is 17.1. The van der Waals surface area contributed by atoms with Crippen LogP contribution in [0.4, 0.5) is 0 Å². The molecule has 0 unspecified atom stereocenters. The largest absolute Gasteiger partial charge is 0.496 e. The molecule has 0 aromatic heterocycles. The molecule has 7 rings (SSSR count). The second-order valence-electron chi connectivity index (χ2n) is 12.9. The van der Waals surface area contributed by atoms with Gasteiger partial charge in [-0.2, -0.15) is 0 Å². The summed E-state index contributed by atoms with van der Waals surface area (Å²) in [6, 6.07) is 60.6. The summed E-state index contributed by atoms with van der Waals surface area (Å²) in [5.41, 5.74) is 9.85. The molecule has 1 nitrogen and oxygen atoms in total. The van der Waals surface area contributed by atoms with Gasteiger partial charge in [0.25, 0.3) is 0 Å². The molecule has 7 aromatic rings. The summed E-state index contributed by atoms with van der Waals surface area (Å²) >= 11 is 0. The van der Waals surface area contributed by atoms with Gasteiger partial charge >= 0.3 is 0 Å². The minimum atomic E-state index is -0.826. The molecule has 0 aliphatic heterocycles. The van der Waals surface area contributed by atoms with E-state index in [2.05, 4.69) is 191 Å². The molecular weight excluding hydrogens is 642 g/mol. The molecule has 0 fully saturated rings. The Labute approximate surface area is 300 Å². The molecule has 0 heterocycles. The van der Waals surface area contributed by atoms with E-state index in [1.807, 2.05) is 0 Å². The van der Waals surface area contributed by atoms with Gasteiger partial charge in [-0.3, -0.25) is 0 Å². The minimum Gasteiger partial charge on any atom is -0.496 e. The van der Waals surface area contributed by atoms with E-state index in [1.54, 1.807) is 7.11 Å². The second kappa shape index (κ2) is 15.0. The van der Waals surface area contributed by atoms with Crippen LogP contribution in [0.15, 0.2) is 164 Å². The van der Waals surface area contributed by atoms with Gasteiger partial charge in [0.2, 0.25) is 0 Å². The van der Waals surface area contributed by atoms with Crippen LogP contribution in [0.3, 0.4) is 0 Å². The molecule has 0 spiro atoms. The van der Waals surface area contributed by atoms with Crippen molar-refractivity contribution in [3.8, 4) is 28.0 Å². The smallest absolute Gasteiger partial charge is 0.127 e. The molecule has 0 atom stereocenters. The monoisotopic (exact) mass is 684 g/mol. The van der Waals surface area contributed by atoms with Crippen LogP contribution >= 0.6 is 15.8 Å². The van der Waals surface area contributed by atoms with Gasteiger partial charge < -0.3 is 4.74 Å². The van der Waals surface area contributed by atoms with Crippen molar-refractivity contribution in [1.29, 1.82) is 0 Å². The number of ether oxygens (including phenoxy) is 1. The van der Waals surface area contributed by atoms with Crippen LogP contribution in [-0.2, 0) is 0 Å². The van der Waals surface area contributed by atoms with Gasteiger partial charge in [-0.25, -0.2) is 0 Å². The lowest BCUT2D eigenvalue weighted by molar-refractivity contribution is 0.416. The maximum absolute atomic E-state index is 6.25. The Morgan fingerprint density at radius 1 is 0.380 bits per heavy atom. The zero-order valence-corrected chi connectivity index (χ0v) is 31.2. The van der Waals surface area contributed by atoms with E-state index in [-0.39, 0.29) is 0 Å². The summed E-state index contributed by atoms with van der Waals surface area (Å²) in [5.74, 6) is 0.888. The summed E-state index contributed by atoms with van der Waals surface area (Å²) in [6.07, 6.45) is 0. The van der Waals surface area contributed by atoms with Gasteiger partial charge in [0, 0.05) is 5.56 Å². The Bertz CT molecular complexity index is 2140. The van der Waals surface area contributed by atoms with Crippen LogP contribution in [0, 0.1) is 27.7 Å². The highest BCUT2D eigenvalue weighted by molar-refractivity contribution is 7.80. The molecule has 0 radical (unpaired) electrons. The number of methoxy groups -OCH3 is 1. The Morgan fingerprint density at radius 3 is 1.42 bits per heavy atom. The average molecular weight is 685 g/mol. The molecule has 0 bridgehead atoms. The Balaban J connectivity index is 1.47. The van der Waals surface area contributed by atoms with E-state index in [0.717, 1.165) is 11.3 Å². The van der Waals surface area contributed by atoms with Crippen LogP contribution < -0.4 is 36.6 Å². The molecule has 3 heteroatoms. The molecule has 0 saturated heterocycles. The highest BCUT2D eigenvalue weighted by Gasteiger charge is 2.26. The predicted molar refractivity (Wildman–Crippen MR) is 220 cm³/mol. The Morgan fingerprint density at radius 2 is 0.860 bits per heavy atom. The van der Waals surface area contributed by atoms with Gasteiger partial charge in [-0.1, -0.05) is 163 Å². The van der Waals surface area contributed by atoms with E-state index >= 15 is 0 Å². The fourth-order valence-corrected chi connectivity index (χ4v) is 11.5. The van der Waals surface area contributed by atoms with Crippen molar-refractivity contribution in [2.24, 2.45) is 0 Å². The predicted octanol–water partition coefficient (Wildman–Crippen LogP) is 9.78. The molecular formula is C47H42OP2. The lowest BCUT2D eigenvalue weighted by Gasteiger charge is -2.26. The SMILES string of the molecule is COc1ccc(C)c(-c2ccccc2P(c2ccccc2)c2ccccc2)c1-c1cc(P(c2ccc(C)cc2)c2ccc(C)cc2)ccc1C. The number of hydrogen-bond donors (Lipinski definition) is 0. The van der Waals surface area contributed by atoms with Crippen LogP contribution in [-0.4, -0.2) is 7.11 Å². The maximum atomic E-state index is 6.25. The normalized spacial score (nSPS) is 11.3. The van der Waals surface area contributed by atoms with Crippen LogP contribution in [0.2, 0.25) is 0 Å². The van der Waals surface area contributed by atoms with Crippen molar-refractivity contribution < 1.29 is 4.74 Å². The summed E-state index contributed by atoms with van der Waals surface area (Å²) in [6.45, 7) is 8.80. The highest BCUT2D eigenvalue weighted by Crippen LogP contribution is 2.46. The minimum absolute atomic E-state index is 0.790. The van der Waals surface area contributed by atoms with Gasteiger partial charge in [0.15, 0.2) is 0 Å². The summed E-state index contributed by atoms with van der Waals surface area (Å²) in [4.78, 5) is 0. The van der Waals surface area contributed by atoms with Crippen LogP contribution in [0.25, 0.3) is 22.3 Å². The highest BCUT2D eigenvalue weighted by atomic mass is 31.1. The van der Waals surface area contributed by atoms with Crippen molar-refractivity contribution in [1.82, 2.24) is 0 Å². The fourth-order valence-electron chi connectivity index (χ4n) is 6.79. The van der Waals surface area contributed by atoms with E-state index in [0.29, 0.717) is 0 Å². The molecule has 246 valence electrons. The topological polar surface area (TPSA) is 9.23 Å². The van der Waals surface area contributed by atoms with Crippen molar-refractivity contribution in [2.45, 2.75) is 27.7 Å². The molecule has 0 amide bonds. The zero-order chi connectivity index (χ0) is 34.6. The first-order chi connectivity index (χ1) is 24.4. The number of hydrogen-bond acceptors (Lipinski definition) is 1. The van der Waals surface area contributed by atoms with Crippen molar-refractivity contribution in [2.75, 3.05) is 7.11 Å². The van der Waals surface area contributed by atoms with Crippen molar-refractivity contribution in [3.63, 3.8) is 0 Å². The average Bonchev–Trinajstić information content (AvgIpc) is 3.15. The summed E-state index contributed by atoms with van der Waals surface area (Å²) < 4.78 is 6.25. The van der Waals surface area contributed by atoms with Gasteiger partial charge in [0.05, 0.1) is 7.11 Å². The van der Waals surface area contributed by atoms with E-state index in [4.69, 9.17) is 4.74 Å². The quantitative estimate of drug-likeness (QED) is 0.138. The third-order valence-electron chi connectivity index (χ3n) is 9.37. The number of rotatable bonds is 9. The molecule has 0 aliphatic carbocycles. The van der Waals surface area contributed by atoms with Crippen LogP contribution in [0.1, 0.15) is 22.3 Å². The third-order valence-corrected chi connectivity index (χ3v) is 14.3. The second-order valence-corrected chi connectivity index (χ2v) is 17.3. The first-order valence-corrected chi connectivity index (χ1v) is 19.8. The third kappa shape index (κ3) is 6.82. The molecule has 50 heavy (non-hydrogen) atoms. The summed E-state index contributed by atoms with van der Waals surface area (Å²) in [7, 11) is 0.185. The lowest BCUT2D eigenvalue weighted by atomic mass is 9.88. The molecule has 0 aliphatic rings. The number of benzene rings is 7. The van der Waals surface area contributed by atoms with E-state index < -0.39 is 15.8 Å². The van der Waals surface area contributed by atoms with E-state index in [1.165, 1.54) is 70.8 Å². The fraction of sp³-hybridized carbons (Fsp3) is 0.106. The van der Waals surface area contributed by atoms with Gasteiger partial charge in [-0.05, 0) is 115 Å². The van der Waals surface area contributed by atoms with Gasteiger partial charge in [0.1, 0.15) is 5.75 Å². The maximum Gasteiger partial charge on any atom is 0.127 e. The zero-order valence-electron chi connectivity index (χ0n) is 29.4. The molecule has 0 N–H and O–H groups in total. The Kier molecular flexibility index (Phi) is 10.1. The summed E-state index contributed by atoms with van der Waals surface area (Å²) in [5, 5.41) is 8.04. The van der Waals surface area contributed by atoms with Gasteiger partial charge in [-0.15, -0.1) is 0 Å². The van der Waals surface area contributed by atoms with Crippen molar-refractivity contribution in [3.05, 3.63) is 186 Å². The lowest BCUT2D eigenvalue weighted by Crippen LogP contribution is -2.22. The van der Waals surface area contributed by atoms with E-state index in [9.17, 15) is 0 Å². The molecule has 7 aromatic carbocycles. The number of aryl methyl sites for hydroxylation is 4. The van der Waals surface area contributed by atoms with Crippen molar-refractivity contribution >= 4 is 47.7 Å². The van der Waals surface area contributed by atoms with Crippen LogP contribution in [0.5, 0.6) is 5.75 Å².